The van der Waals surface area contributed by atoms with Crippen molar-refractivity contribution in [1.82, 2.24) is 14.7 Å². The SMILES string of the molecule is CCN(CC(=O)Nc1cc(-c2ccccc2)nn1-c1ccccc1)C(=O)c1cc(OC)cc(OC)c1. The van der Waals surface area contributed by atoms with Gasteiger partial charge in [0.15, 0.2) is 0 Å². The van der Waals surface area contributed by atoms with Crippen molar-refractivity contribution in [1.29, 1.82) is 0 Å². The summed E-state index contributed by atoms with van der Waals surface area (Å²) in [6.07, 6.45) is 0. The molecule has 8 heteroatoms. The van der Waals surface area contributed by atoms with Crippen LogP contribution in [0.4, 0.5) is 5.82 Å². The van der Waals surface area contributed by atoms with Gasteiger partial charge in [0.2, 0.25) is 5.91 Å². The number of carbonyl (C=O) groups excluding carboxylic acids is 2. The van der Waals surface area contributed by atoms with Gasteiger partial charge in [0.1, 0.15) is 23.9 Å². The molecule has 0 atom stereocenters. The summed E-state index contributed by atoms with van der Waals surface area (Å²) in [5.74, 6) is 0.872. The second kappa shape index (κ2) is 11.2. The highest BCUT2D eigenvalue weighted by atomic mass is 16.5. The van der Waals surface area contributed by atoms with Crippen LogP contribution in [0.2, 0.25) is 0 Å². The van der Waals surface area contributed by atoms with Crippen LogP contribution in [0.1, 0.15) is 17.3 Å². The van der Waals surface area contributed by atoms with Gasteiger partial charge in [-0.05, 0) is 31.2 Å². The van der Waals surface area contributed by atoms with Crippen molar-refractivity contribution in [3.05, 3.63) is 90.5 Å². The molecule has 0 aliphatic heterocycles. The zero-order chi connectivity index (χ0) is 25.5. The van der Waals surface area contributed by atoms with Crippen molar-refractivity contribution < 1.29 is 19.1 Å². The number of amides is 2. The number of carbonyl (C=O) groups is 2. The predicted octanol–water partition coefficient (Wildman–Crippen LogP) is 4.66. The lowest BCUT2D eigenvalue weighted by atomic mass is 10.1. The molecule has 0 fully saturated rings. The molecule has 8 nitrogen and oxygen atoms in total. The number of hydrogen-bond donors (Lipinski definition) is 1. The lowest BCUT2D eigenvalue weighted by molar-refractivity contribution is -0.116. The molecule has 0 unspecified atom stereocenters. The number of para-hydroxylation sites is 1. The first-order valence-electron chi connectivity index (χ1n) is 11.6. The molecule has 3 aromatic carbocycles. The van der Waals surface area contributed by atoms with Crippen LogP contribution in [-0.4, -0.2) is 53.8 Å². The van der Waals surface area contributed by atoms with Gasteiger partial charge in [0.25, 0.3) is 5.91 Å². The fourth-order valence-electron chi connectivity index (χ4n) is 3.78. The Morgan fingerprint density at radius 1 is 0.889 bits per heavy atom. The van der Waals surface area contributed by atoms with Crippen molar-refractivity contribution in [2.45, 2.75) is 6.92 Å². The maximum absolute atomic E-state index is 13.2. The number of rotatable bonds is 9. The van der Waals surface area contributed by atoms with Gasteiger partial charge in [-0.3, -0.25) is 9.59 Å². The second-order valence-corrected chi connectivity index (χ2v) is 8.00. The highest BCUT2D eigenvalue weighted by molar-refractivity contribution is 5.99. The first-order chi connectivity index (χ1) is 17.5. The van der Waals surface area contributed by atoms with Crippen molar-refractivity contribution >= 4 is 17.6 Å². The fourth-order valence-corrected chi connectivity index (χ4v) is 3.78. The summed E-state index contributed by atoms with van der Waals surface area (Å²) < 4.78 is 12.2. The standard InChI is InChI=1S/C28H28N4O4/c1-4-31(28(34)21-15-23(35-2)17-24(16-21)36-3)19-27(33)29-26-18-25(20-11-7-5-8-12-20)30-32(26)22-13-9-6-10-14-22/h5-18H,4,19H2,1-3H3,(H,29,33). The van der Waals surface area contributed by atoms with Gasteiger partial charge in [-0.15, -0.1) is 0 Å². The van der Waals surface area contributed by atoms with Gasteiger partial charge in [-0.25, -0.2) is 4.68 Å². The number of anilines is 1. The molecule has 0 saturated carbocycles. The van der Waals surface area contributed by atoms with Crippen LogP contribution in [0.5, 0.6) is 11.5 Å². The van der Waals surface area contributed by atoms with Gasteiger partial charge in [-0.2, -0.15) is 5.10 Å². The average molecular weight is 485 g/mol. The molecule has 2 amide bonds. The van der Waals surface area contributed by atoms with E-state index >= 15 is 0 Å². The van der Waals surface area contributed by atoms with E-state index in [1.165, 1.54) is 19.1 Å². The third kappa shape index (κ3) is 5.55. The Hall–Kier alpha value is -4.59. The molecule has 1 heterocycles. The number of aromatic nitrogens is 2. The quantitative estimate of drug-likeness (QED) is 0.374. The Morgan fingerprint density at radius 2 is 1.50 bits per heavy atom. The Labute approximate surface area is 210 Å². The molecular formula is C28H28N4O4. The number of methoxy groups -OCH3 is 2. The summed E-state index contributed by atoms with van der Waals surface area (Å²) >= 11 is 0. The molecular weight excluding hydrogens is 456 g/mol. The number of nitrogens with zero attached hydrogens (tertiary/aromatic N) is 3. The average Bonchev–Trinajstić information content (AvgIpc) is 3.35. The normalized spacial score (nSPS) is 10.5. The smallest absolute Gasteiger partial charge is 0.254 e. The molecule has 184 valence electrons. The van der Waals surface area contributed by atoms with Gasteiger partial charge in [-0.1, -0.05) is 48.5 Å². The molecule has 0 aliphatic rings. The van der Waals surface area contributed by atoms with E-state index in [0.717, 1.165) is 16.9 Å². The molecule has 1 aromatic heterocycles. The summed E-state index contributed by atoms with van der Waals surface area (Å²) in [6, 6.07) is 26.1. The van der Waals surface area contributed by atoms with Crippen LogP contribution in [0, 0.1) is 0 Å². The van der Waals surface area contributed by atoms with E-state index in [2.05, 4.69) is 5.32 Å². The summed E-state index contributed by atoms with van der Waals surface area (Å²) in [5, 5.41) is 7.65. The number of nitrogens with one attached hydrogen (secondary N) is 1. The topological polar surface area (TPSA) is 85.7 Å². The zero-order valence-corrected chi connectivity index (χ0v) is 20.5. The van der Waals surface area contributed by atoms with Gasteiger partial charge >= 0.3 is 0 Å². The Balaban J connectivity index is 1.57. The van der Waals surface area contributed by atoms with Crippen LogP contribution in [0.25, 0.3) is 16.9 Å². The van der Waals surface area contributed by atoms with E-state index in [9.17, 15) is 9.59 Å². The monoisotopic (exact) mass is 484 g/mol. The summed E-state index contributed by atoms with van der Waals surface area (Å²) in [6.45, 7) is 2.04. The van der Waals surface area contributed by atoms with E-state index in [0.29, 0.717) is 29.4 Å². The van der Waals surface area contributed by atoms with Crippen LogP contribution >= 0.6 is 0 Å². The van der Waals surface area contributed by atoms with E-state index in [-0.39, 0.29) is 18.4 Å². The maximum Gasteiger partial charge on any atom is 0.254 e. The van der Waals surface area contributed by atoms with E-state index < -0.39 is 0 Å². The summed E-state index contributed by atoms with van der Waals surface area (Å²) in [7, 11) is 3.04. The van der Waals surface area contributed by atoms with Crippen molar-refractivity contribution in [3.63, 3.8) is 0 Å². The first-order valence-corrected chi connectivity index (χ1v) is 11.6. The lowest BCUT2D eigenvalue weighted by Gasteiger charge is -2.21. The minimum absolute atomic E-state index is 0.129. The number of hydrogen-bond acceptors (Lipinski definition) is 5. The highest BCUT2D eigenvalue weighted by Gasteiger charge is 2.21. The first kappa shape index (κ1) is 24.5. The maximum atomic E-state index is 13.2. The van der Waals surface area contributed by atoms with Crippen LogP contribution in [0.15, 0.2) is 84.9 Å². The molecule has 0 spiro atoms. The summed E-state index contributed by atoms with van der Waals surface area (Å²) in [5.41, 5.74) is 2.84. The highest BCUT2D eigenvalue weighted by Crippen LogP contribution is 2.26. The van der Waals surface area contributed by atoms with Crippen LogP contribution < -0.4 is 14.8 Å². The van der Waals surface area contributed by atoms with Crippen molar-refractivity contribution in [3.8, 4) is 28.4 Å². The minimum atomic E-state index is -0.336. The van der Waals surface area contributed by atoms with Crippen molar-refractivity contribution in [2.24, 2.45) is 0 Å². The molecule has 4 aromatic rings. The summed E-state index contributed by atoms with van der Waals surface area (Å²) in [4.78, 5) is 27.8. The molecule has 0 bridgehead atoms. The van der Waals surface area contributed by atoms with Gasteiger partial charge < -0.3 is 19.7 Å². The largest absolute Gasteiger partial charge is 0.497 e. The van der Waals surface area contributed by atoms with Gasteiger partial charge in [0.05, 0.1) is 25.6 Å². The number of likely N-dealkylation sites (N-methyl/N-ethyl adjacent to an activating group) is 1. The van der Waals surface area contributed by atoms with Crippen molar-refractivity contribution in [2.75, 3.05) is 32.6 Å². The molecule has 0 aliphatic carbocycles. The Kier molecular flexibility index (Phi) is 7.65. The molecule has 4 rings (SSSR count). The predicted molar refractivity (Wildman–Crippen MR) is 139 cm³/mol. The second-order valence-electron chi connectivity index (χ2n) is 8.00. The van der Waals surface area contributed by atoms with Crippen LogP contribution in [-0.2, 0) is 4.79 Å². The Morgan fingerprint density at radius 3 is 2.08 bits per heavy atom. The van der Waals surface area contributed by atoms with Crippen LogP contribution in [0.3, 0.4) is 0 Å². The molecule has 1 N–H and O–H groups in total. The fraction of sp³-hybridized carbons (Fsp3) is 0.179. The lowest BCUT2D eigenvalue weighted by Crippen LogP contribution is -2.38. The van der Waals surface area contributed by atoms with E-state index in [1.807, 2.05) is 73.7 Å². The minimum Gasteiger partial charge on any atom is -0.497 e. The van der Waals surface area contributed by atoms with Gasteiger partial charge in [0, 0.05) is 29.8 Å². The Bertz CT molecular complexity index is 1310. The third-order valence-electron chi connectivity index (χ3n) is 5.65. The number of benzene rings is 3. The molecule has 0 radical (unpaired) electrons. The number of ether oxygens (including phenoxy) is 2. The van der Waals surface area contributed by atoms with E-state index in [1.54, 1.807) is 22.9 Å². The zero-order valence-electron chi connectivity index (χ0n) is 20.5. The van der Waals surface area contributed by atoms with E-state index in [4.69, 9.17) is 14.6 Å². The molecule has 0 saturated heterocycles. The third-order valence-corrected chi connectivity index (χ3v) is 5.65. The molecule has 36 heavy (non-hydrogen) atoms.